The molecule has 0 aromatic carbocycles. The lowest BCUT2D eigenvalue weighted by atomic mass is 10.1. The Hall–Kier alpha value is -3.16. The Morgan fingerprint density at radius 3 is 2.89 bits per heavy atom. The molecule has 2 N–H and O–H groups in total. The fraction of sp³-hybridized carbons (Fsp3) is 0.118. The number of nitriles is 1. The Morgan fingerprint density at radius 2 is 2.22 bits per heavy atom. The molecule has 0 spiro atoms. The third-order valence-corrected chi connectivity index (χ3v) is 6.18. The Kier molecular flexibility index (Phi) is 5.25. The lowest BCUT2D eigenvalue weighted by Gasteiger charge is -2.09. The van der Waals surface area contributed by atoms with Crippen LogP contribution in [0.3, 0.4) is 0 Å². The molecular formula is C17H14N4O4S2. The van der Waals surface area contributed by atoms with E-state index >= 15 is 0 Å². The van der Waals surface area contributed by atoms with Crippen LogP contribution < -0.4 is 5.32 Å². The molecule has 0 unspecified atom stereocenters. The molecule has 3 aromatic rings. The maximum Gasteiger partial charge on any atom is 0.404 e. The van der Waals surface area contributed by atoms with Crippen LogP contribution in [0.2, 0.25) is 0 Å². The van der Waals surface area contributed by atoms with Crippen molar-refractivity contribution in [3.05, 3.63) is 58.7 Å². The van der Waals surface area contributed by atoms with Gasteiger partial charge in [0.05, 0.1) is 11.3 Å². The monoisotopic (exact) mass is 402 g/mol. The second-order valence-electron chi connectivity index (χ2n) is 5.52. The van der Waals surface area contributed by atoms with Gasteiger partial charge < -0.3 is 10.4 Å². The van der Waals surface area contributed by atoms with E-state index in [2.05, 4.69) is 16.4 Å². The summed E-state index contributed by atoms with van der Waals surface area (Å²) >= 11 is 1.30. The van der Waals surface area contributed by atoms with Crippen molar-refractivity contribution in [1.29, 1.82) is 5.26 Å². The van der Waals surface area contributed by atoms with E-state index in [0.29, 0.717) is 28.8 Å². The summed E-state index contributed by atoms with van der Waals surface area (Å²) in [6.07, 6.45) is 3.33. The highest BCUT2D eigenvalue weighted by atomic mass is 32.2. The second-order valence-corrected chi connectivity index (χ2v) is 8.07. The molecule has 10 heteroatoms. The lowest BCUT2D eigenvalue weighted by Crippen LogP contribution is -2.23. The standard InChI is InChI=1S/C17H14N4O4S2/c18-7-13-10-26-11-15(13)16-6-12(3-5-20-17(22)23)9-21(16)27(24,25)14-2-1-4-19-8-14/h1-2,4,6,8-11,20H,3,5H2,(H,22,23). The first kappa shape index (κ1) is 18.6. The van der Waals surface area contributed by atoms with Crippen LogP contribution in [0.4, 0.5) is 4.79 Å². The van der Waals surface area contributed by atoms with Crippen molar-refractivity contribution in [2.24, 2.45) is 0 Å². The average Bonchev–Trinajstić information content (AvgIpc) is 3.28. The number of amides is 1. The number of nitrogens with one attached hydrogen (secondary N) is 1. The normalized spacial score (nSPS) is 11.1. The molecule has 0 aliphatic rings. The van der Waals surface area contributed by atoms with Crippen molar-refractivity contribution in [3.63, 3.8) is 0 Å². The van der Waals surface area contributed by atoms with Crippen LogP contribution >= 0.6 is 11.3 Å². The fourth-order valence-corrected chi connectivity index (χ4v) is 4.66. The van der Waals surface area contributed by atoms with Crippen LogP contribution in [-0.2, 0) is 16.4 Å². The molecule has 27 heavy (non-hydrogen) atoms. The molecular weight excluding hydrogens is 388 g/mol. The first-order chi connectivity index (χ1) is 12.9. The molecule has 3 rings (SSSR count). The molecule has 0 fully saturated rings. The van der Waals surface area contributed by atoms with Gasteiger partial charge in [-0.25, -0.2) is 17.2 Å². The first-order valence-electron chi connectivity index (χ1n) is 7.74. The van der Waals surface area contributed by atoms with E-state index in [1.807, 2.05) is 0 Å². The topological polar surface area (TPSA) is 125 Å². The molecule has 138 valence electrons. The summed E-state index contributed by atoms with van der Waals surface area (Å²) in [5, 5.41) is 23.6. The van der Waals surface area contributed by atoms with Crippen molar-refractivity contribution in [1.82, 2.24) is 14.3 Å². The smallest absolute Gasteiger partial charge is 0.404 e. The van der Waals surface area contributed by atoms with Crippen molar-refractivity contribution in [3.8, 4) is 17.3 Å². The number of carbonyl (C=O) groups is 1. The van der Waals surface area contributed by atoms with E-state index in [1.54, 1.807) is 16.8 Å². The van der Waals surface area contributed by atoms with Crippen LogP contribution in [0, 0.1) is 11.3 Å². The highest BCUT2D eigenvalue weighted by Gasteiger charge is 2.23. The quantitative estimate of drug-likeness (QED) is 0.653. The van der Waals surface area contributed by atoms with Crippen molar-refractivity contribution >= 4 is 27.5 Å². The van der Waals surface area contributed by atoms with Crippen LogP contribution in [-0.4, -0.2) is 35.1 Å². The van der Waals surface area contributed by atoms with Crippen LogP contribution in [0.15, 0.2) is 52.4 Å². The zero-order valence-corrected chi connectivity index (χ0v) is 15.5. The minimum Gasteiger partial charge on any atom is -0.465 e. The molecule has 3 heterocycles. The number of aromatic nitrogens is 2. The van der Waals surface area contributed by atoms with E-state index in [-0.39, 0.29) is 11.4 Å². The average molecular weight is 402 g/mol. The van der Waals surface area contributed by atoms with Gasteiger partial charge in [-0.05, 0) is 30.2 Å². The van der Waals surface area contributed by atoms with Gasteiger partial charge in [-0.15, -0.1) is 0 Å². The molecule has 0 radical (unpaired) electrons. The molecule has 0 aliphatic heterocycles. The lowest BCUT2D eigenvalue weighted by molar-refractivity contribution is 0.194. The van der Waals surface area contributed by atoms with E-state index in [4.69, 9.17) is 5.11 Å². The maximum atomic E-state index is 13.1. The van der Waals surface area contributed by atoms with Gasteiger partial charge in [0.15, 0.2) is 0 Å². The molecule has 3 aromatic heterocycles. The highest BCUT2D eigenvalue weighted by molar-refractivity contribution is 7.90. The molecule has 0 saturated carbocycles. The number of pyridine rings is 1. The molecule has 0 bridgehead atoms. The number of carboxylic acid groups (broad SMARTS) is 1. The highest BCUT2D eigenvalue weighted by Crippen LogP contribution is 2.31. The van der Waals surface area contributed by atoms with Gasteiger partial charge >= 0.3 is 6.09 Å². The molecule has 0 atom stereocenters. The van der Waals surface area contributed by atoms with E-state index in [9.17, 15) is 18.5 Å². The van der Waals surface area contributed by atoms with Gasteiger partial charge in [-0.2, -0.15) is 16.6 Å². The minimum atomic E-state index is -3.93. The largest absolute Gasteiger partial charge is 0.465 e. The Morgan fingerprint density at radius 1 is 1.41 bits per heavy atom. The molecule has 8 nitrogen and oxygen atoms in total. The van der Waals surface area contributed by atoms with Gasteiger partial charge in [-0.3, -0.25) is 4.98 Å². The van der Waals surface area contributed by atoms with Gasteiger partial charge in [0.2, 0.25) is 0 Å². The number of nitrogens with zero attached hydrogens (tertiary/aromatic N) is 3. The van der Waals surface area contributed by atoms with Gasteiger partial charge in [0.1, 0.15) is 11.0 Å². The van der Waals surface area contributed by atoms with Crippen LogP contribution in [0.5, 0.6) is 0 Å². The van der Waals surface area contributed by atoms with Gasteiger partial charge in [0.25, 0.3) is 10.0 Å². The van der Waals surface area contributed by atoms with E-state index in [1.165, 1.54) is 42.1 Å². The number of rotatable bonds is 6. The van der Waals surface area contributed by atoms with Crippen molar-refractivity contribution in [2.75, 3.05) is 6.54 Å². The number of hydrogen-bond donors (Lipinski definition) is 2. The predicted octanol–water partition coefficient (Wildman–Crippen LogP) is 2.53. The molecule has 0 aliphatic carbocycles. The molecule has 0 saturated heterocycles. The summed E-state index contributed by atoms with van der Waals surface area (Å²) in [6.45, 7) is 0.139. The van der Waals surface area contributed by atoms with Gasteiger partial charge in [0, 0.05) is 41.5 Å². The van der Waals surface area contributed by atoms with Gasteiger partial charge in [-0.1, -0.05) is 0 Å². The molecule has 1 amide bonds. The maximum absolute atomic E-state index is 13.1. The third-order valence-electron chi connectivity index (χ3n) is 3.78. The minimum absolute atomic E-state index is 0.0193. The van der Waals surface area contributed by atoms with Crippen LogP contribution in [0.1, 0.15) is 11.1 Å². The number of hydrogen-bond acceptors (Lipinski definition) is 6. The van der Waals surface area contributed by atoms with E-state index < -0.39 is 16.1 Å². The Labute approximate surface area is 159 Å². The zero-order chi connectivity index (χ0) is 19.4. The fourth-order valence-electron chi connectivity index (χ4n) is 2.54. The summed E-state index contributed by atoms with van der Waals surface area (Å²) in [7, 11) is -3.93. The third kappa shape index (κ3) is 3.84. The predicted molar refractivity (Wildman–Crippen MR) is 99.0 cm³/mol. The summed E-state index contributed by atoms with van der Waals surface area (Å²) in [5.74, 6) is 0. The van der Waals surface area contributed by atoms with Crippen LogP contribution in [0.25, 0.3) is 11.3 Å². The summed E-state index contributed by atoms with van der Waals surface area (Å²) in [5.41, 5.74) is 1.85. The zero-order valence-electron chi connectivity index (χ0n) is 13.9. The second kappa shape index (κ2) is 7.61. The van der Waals surface area contributed by atoms with Crippen molar-refractivity contribution < 1.29 is 18.3 Å². The van der Waals surface area contributed by atoms with E-state index in [0.717, 1.165) is 3.97 Å². The summed E-state index contributed by atoms with van der Waals surface area (Å²) in [4.78, 5) is 14.5. The first-order valence-corrected chi connectivity index (χ1v) is 10.1. The summed E-state index contributed by atoms with van der Waals surface area (Å²) in [6, 6.07) is 6.68. The Bertz CT molecular complexity index is 1110. The summed E-state index contributed by atoms with van der Waals surface area (Å²) < 4.78 is 27.3. The number of thiophene rings is 1. The SMILES string of the molecule is N#Cc1cscc1-c1cc(CCNC(=O)O)cn1S(=O)(=O)c1cccnc1. The van der Waals surface area contributed by atoms with Crippen molar-refractivity contribution in [2.45, 2.75) is 11.3 Å². The Balaban J connectivity index is 2.10.